The van der Waals surface area contributed by atoms with E-state index in [1.807, 2.05) is 23.1 Å². The molecule has 19 heavy (non-hydrogen) atoms. The van der Waals surface area contributed by atoms with Crippen molar-refractivity contribution in [2.75, 3.05) is 20.3 Å². The van der Waals surface area contributed by atoms with Crippen LogP contribution in [0.25, 0.3) is 0 Å². The molecule has 1 aromatic rings. The molecule has 2 N–H and O–H groups in total. The molecule has 1 atom stereocenters. The van der Waals surface area contributed by atoms with Gasteiger partial charge in [-0.2, -0.15) is 0 Å². The first kappa shape index (κ1) is 16.4. The monoisotopic (exact) mass is 348 g/mol. The van der Waals surface area contributed by atoms with E-state index in [0.717, 1.165) is 10.0 Å². The van der Waals surface area contributed by atoms with Crippen LogP contribution in [0.2, 0.25) is 5.02 Å². The predicted octanol–water partition coefficient (Wildman–Crippen LogP) is 2.42. The van der Waals surface area contributed by atoms with Crippen LogP contribution < -0.4 is 5.73 Å². The van der Waals surface area contributed by atoms with E-state index in [1.165, 1.54) is 0 Å². The van der Waals surface area contributed by atoms with E-state index in [2.05, 4.69) is 15.9 Å². The highest BCUT2D eigenvalue weighted by molar-refractivity contribution is 9.10. The summed E-state index contributed by atoms with van der Waals surface area (Å²) in [4.78, 5) is 13.3. The Labute approximate surface area is 127 Å². The lowest BCUT2D eigenvalue weighted by molar-refractivity contribution is -0.123. The summed E-state index contributed by atoms with van der Waals surface area (Å²) in [7, 11) is 1.62. The third-order valence-electron chi connectivity index (χ3n) is 2.92. The highest BCUT2D eigenvalue weighted by Gasteiger charge is 2.19. The molecule has 0 aliphatic carbocycles. The second-order valence-electron chi connectivity index (χ2n) is 4.28. The second-order valence-corrected chi connectivity index (χ2v) is 5.60. The van der Waals surface area contributed by atoms with Gasteiger partial charge in [-0.1, -0.05) is 27.5 Å². The highest BCUT2D eigenvalue weighted by Crippen LogP contribution is 2.23. The largest absolute Gasteiger partial charge is 0.383 e. The molecule has 0 aromatic heterocycles. The maximum atomic E-state index is 11.3. The molecule has 0 fully saturated rings. The van der Waals surface area contributed by atoms with Crippen LogP contribution in [-0.4, -0.2) is 37.1 Å². The van der Waals surface area contributed by atoms with Gasteiger partial charge >= 0.3 is 0 Å². The Morgan fingerprint density at radius 2 is 2.26 bits per heavy atom. The lowest BCUT2D eigenvalue weighted by atomic mass is 10.1. The van der Waals surface area contributed by atoms with Gasteiger partial charge in [-0.3, -0.25) is 9.69 Å². The van der Waals surface area contributed by atoms with Crippen molar-refractivity contribution in [3.8, 4) is 0 Å². The number of hydrogen-bond donors (Lipinski definition) is 1. The summed E-state index contributed by atoms with van der Waals surface area (Å²) < 4.78 is 6.01. The third-order valence-corrected chi connectivity index (χ3v) is 3.79. The van der Waals surface area contributed by atoms with Crippen LogP contribution in [0.3, 0.4) is 0 Å². The number of carbonyl (C=O) groups is 1. The van der Waals surface area contributed by atoms with E-state index in [0.29, 0.717) is 24.7 Å². The zero-order valence-corrected chi connectivity index (χ0v) is 13.4. The maximum Gasteiger partial charge on any atom is 0.234 e. The van der Waals surface area contributed by atoms with E-state index >= 15 is 0 Å². The summed E-state index contributed by atoms with van der Waals surface area (Å²) in [6.07, 6.45) is 0. The van der Waals surface area contributed by atoms with Crippen LogP contribution in [0.5, 0.6) is 0 Å². The molecule has 0 aliphatic rings. The summed E-state index contributed by atoms with van der Waals surface area (Å²) in [5.74, 6) is -0.359. The summed E-state index contributed by atoms with van der Waals surface area (Å²) in [5, 5.41) is 0.669. The number of primary amides is 1. The van der Waals surface area contributed by atoms with Crippen LogP contribution >= 0.6 is 27.5 Å². The van der Waals surface area contributed by atoms with E-state index in [-0.39, 0.29) is 11.9 Å². The molecule has 1 unspecified atom stereocenters. The molecule has 6 heteroatoms. The number of carbonyl (C=O) groups excluding carboxylic acids is 1. The Hall–Kier alpha value is -0.620. The Morgan fingerprint density at radius 1 is 1.58 bits per heavy atom. The molecule has 106 valence electrons. The van der Waals surface area contributed by atoms with Gasteiger partial charge in [0.15, 0.2) is 0 Å². The van der Waals surface area contributed by atoms with Gasteiger partial charge < -0.3 is 10.5 Å². The summed E-state index contributed by atoms with van der Waals surface area (Å²) in [6, 6.07) is 5.27. The van der Waals surface area contributed by atoms with Gasteiger partial charge in [0.2, 0.25) is 5.91 Å². The van der Waals surface area contributed by atoms with Gasteiger partial charge in [0, 0.05) is 29.7 Å². The minimum Gasteiger partial charge on any atom is -0.383 e. The molecule has 1 amide bonds. The molecule has 0 saturated heterocycles. The zero-order valence-electron chi connectivity index (χ0n) is 11.0. The van der Waals surface area contributed by atoms with Gasteiger partial charge in [0.1, 0.15) is 0 Å². The molecule has 1 rings (SSSR count). The number of rotatable bonds is 7. The van der Waals surface area contributed by atoms with Crippen molar-refractivity contribution in [1.82, 2.24) is 4.90 Å². The predicted molar refractivity (Wildman–Crippen MR) is 80.1 cm³/mol. The Balaban J connectivity index is 2.86. The first-order valence-electron chi connectivity index (χ1n) is 5.92. The molecule has 0 aliphatic heterocycles. The van der Waals surface area contributed by atoms with E-state index in [4.69, 9.17) is 22.1 Å². The minimum absolute atomic E-state index is 0.359. The van der Waals surface area contributed by atoms with Crippen molar-refractivity contribution in [1.29, 1.82) is 0 Å². The van der Waals surface area contributed by atoms with Crippen molar-refractivity contribution in [2.24, 2.45) is 5.73 Å². The molecule has 4 nitrogen and oxygen atoms in total. The molecule has 0 heterocycles. The van der Waals surface area contributed by atoms with Gasteiger partial charge in [-0.05, 0) is 30.7 Å². The molecular formula is C13H18BrClN2O2. The number of methoxy groups -OCH3 is 1. The number of benzene rings is 1. The lowest BCUT2D eigenvalue weighted by Gasteiger charge is -2.27. The fraction of sp³-hybridized carbons (Fsp3) is 0.462. The third kappa shape index (κ3) is 5.10. The fourth-order valence-corrected chi connectivity index (χ4v) is 2.27. The quantitative estimate of drug-likeness (QED) is 0.822. The van der Waals surface area contributed by atoms with Crippen LogP contribution in [0, 0.1) is 0 Å². The minimum atomic E-state index is -0.370. The normalized spacial score (nSPS) is 12.7. The summed E-state index contributed by atoms with van der Waals surface area (Å²) in [6.45, 7) is 3.47. The highest BCUT2D eigenvalue weighted by atomic mass is 79.9. The molecule has 0 saturated carbocycles. The van der Waals surface area contributed by atoms with Crippen LogP contribution in [0.4, 0.5) is 0 Å². The molecule has 1 aromatic carbocycles. The van der Waals surface area contributed by atoms with Gasteiger partial charge in [-0.25, -0.2) is 0 Å². The first-order chi connectivity index (χ1) is 8.95. The standard InChI is InChI=1S/C13H18BrClN2O2/c1-9(13(16)18)17(5-6-19-2)8-10-7-11(14)3-4-12(10)15/h3-4,7,9H,5-6,8H2,1-2H3,(H2,16,18). The van der Waals surface area contributed by atoms with E-state index in [1.54, 1.807) is 14.0 Å². The summed E-state index contributed by atoms with van der Waals surface area (Å²) >= 11 is 9.58. The zero-order chi connectivity index (χ0) is 14.4. The number of nitrogens with two attached hydrogens (primary N) is 1. The first-order valence-corrected chi connectivity index (χ1v) is 7.09. The van der Waals surface area contributed by atoms with Crippen molar-refractivity contribution in [3.05, 3.63) is 33.3 Å². The Morgan fingerprint density at radius 3 is 2.84 bits per heavy atom. The molecule has 0 radical (unpaired) electrons. The van der Waals surface area contributed by atoms with Crippen molar-refractivity contribution >= 4 is 33.4 Å². The Bertz CT molecular complexity index is 443. The van der Waals surface area contributed by atoms with Crippen molar-refractivity contribution in [3.63, 3.8) is 0 Å². The number of halogens is 2. The number of ether oxygens (including phenoxy) is 1. The molecular weight excluding hydrogens is 332 g/mol. The molecule has 0 bridgehead atoms. The van der Waals surface area contributed by atoms with Crippen molar-refractivity contribution < 1.29 is 9.53 Å². The lowest BCUT2D eigenvalue weighted by Crippen LogP contribution is -2.43. The average Bonchev–Trinajstić information content (AvgIpc) is 2.37. The average molecular weight is 350 g/mol. The maximum absolute atomic E-state index is 11.3. The fourth-order valence-electron chi connectivity index (χ4n) is 1.68. The number of hydrogen-bond acceptors (Lipinski definition) is 3. The smallest absolute Gasteiger partial charge is 0.234 e. The van der Waals surface area contributed by atoms with Gasteiger partial charge in [0.25, 0.3) is 0 Å². The molecule has 0 spiro atoms. The van der Waals surface area contributed by atoms with E-state index < -0.39 is 0 Å². The van der Waals surface area contributed by atoms with Crippen LogP contribution in [0.1, 0.15) is 12.5 Å². The van der Waals surface area contributed by atoms with Crippen LogP contribution in [0.15, 0.2) is 22.7 Å². The SMILES string of the molecule is COCCN(Cc1cc(Br)ccc1Cl)C(C)C(N)=O. The topological polar surface area (TPSA) is 55.6 Å². The second kappa shape index (κ2) is 7.85. The van der Waals surface area contributed by atoms with E-state index in [9.17, 15) is 4.79 Å². The van der Waals surface area contributed by atoms with Gasteiger partial charge in [-0.15, -0.1) is 0 Å². The number of amides is 1. The Kier molecular flexibility index (Phi) is 6.79. The summed E-state index contributed by atoms with van der Waals surface area (Å²) in [5.41, 5.74) is 6.31. The van der Waals surface area contributed by atoms with Crippen LogP contribution in [-0.2, 0) is 16.1 Å². The number of nitrogens with zero attached hydrogens (tertiary/aromatic N) is 1. The van der Waals surface area contributed by atoms with Crippen molar-refractivity contribution in [2.45, 2.75) is 19.5 Å². The van der Waals surface area contributed by atoms with Gasteiger partial charge in [0.05, 0.1) is 12.6 Å².